The van der Waals surface area contributed by atoms with Crippen LogP contribution in [0.3, 0.4) is 0 Å². The van der Waals surface area contributed by atoms with Crippen LogP contribution in [0.15, 0.2) is 0 Å². The molecule has 0 N–H and O–H groups in total. The largest absolute Gasteiger partial charge is 0.346 e. The van der Waals surface area contributed by atoms with Crippen LogP contribution in [-0.2, 0) is 4.79 Å². The Balaban J connectivity index is 2.30. The normalized spacial score (nSPS) is 18.1. The van der Waals surface area contributed by atoms with Crippen molar-refractivity contribution in [3.05, 3.63) is 0 Å². The molecule has 82 valence electrons. The van der Waals surface area contributed by atoms with E-state index in [2.05, 4.69) is 6.92 Å². The summed E-state index contributed by atoms with van der Waals surface area (Å²) < 4.78 is 0. The van der Waals surface area contributed by atoms with Gasteiger partial charge in [0, 0.05) is 19.5 Å². The van der Waals surface area contributed by atoms with E-state index in [1.165, 1.54) is 0 Å². The number of nitrogens with zero attached hydrogens (tertiary/aromatic N) is 1. The fourth-order valence-corrected chi connectivity index (χ4v) is 2.87. The molecule has 1 saturated heterocycles. The van der Waals surface area contributed by atoms with Crippen LogP contribution >= 0.6 is 11.8 Å². The van der Waals surface area contributed by atoms with Crippen molar-refractivity contribution in [2.45, 2.75) is 32.6 Å². The quantitative estimate of drug-likeness (QED) is 0.717. The Hall–Kier alpha value is -0.180. The second kappa shape index (κ2) is 6.33. The summed E-state index contributed by atoms with van der Waals surface area (Å²) in [6.07, 6.45) is 4.46. The monoisotopic (exact) mass is 215 g/mol. The average Bonchev–Trinajstić information content (AvgIpc) is 2.26. The fraction of sp³-hybridized carbons (Fsp3) is 0.909. The number of thioether (sulfide) groups is 1. The third-order valence-corrected chi connectivity index (χ3v) is 3.84. The van der Waals surface area contributed by atoms with Gasteiger partial charge in [0.05, 0.1) is 0 Å². The molecule has 0 saturated carbocycles. The lowest BCUT2D eigenvalue weighted by Gasteiger charge is -2.26. The van der Waals surface area contributed by atoms with Gasteiger partial charge in [-0.1, -0.05) is 13.3 Å². The molecule has 1 aliphatic rings. The van der Waals surface area contributed by atoms with Crippen molar-refractivity contribution in [2.24, 2.45) is 5.92 Å². The minimum Gasteiger partial charge on any atom is -0.346 e. The molecule has 1 fully saturated rings. The summed E-state index contributed by atoms with van der Waals surface area (Å²) in [5, 5.41) is 0. The molecule has 0 atom stereocenters. The summed E-state index contributed by atoms with van der Waals surface area (Å²) in [6.45, 7) is 3.09. The van der Waals surface area contributed by atoms with E-state index in [9.17, 15) is 4.79 Å². The molecule has 14 heavy (non-hydrogen) atoms. The Labute approximate surface area is 91.4 Å². The Bertz CT molecular complexity index is 178. The first-order chi connectivity index (χ1) is 6.75. The van der Waals surface area contributed by atoms with Crippen LogP contribution in [0.5, 0.6) is 0 Å². The van der Waals surface area contributed by atoms with Gasteiger partial charge in [-0.3, -0.25) is 4.79 Å². The van der Waals surface area contributed by atoms with Gasteiger partial charge in [-0.05, 0) is 30.8 Å². The molecular weight excluding hydrogens is 194 g/mol. The Morgan fingerprint density at radius 3 is 2.64 bits per heavy atom. The van der Waals surface area contributed by atoms with Gasteiger partial charge in [0.2, 0.25) is 5.91 Å². The minimum absolute atomic E-state index is 0.318. The van der Waals surface area contributed by atoms with E-state index in [4.69, 9.17) is 0 Å². The predicted molar refractivity (Wildman–Crippen MR) is 62.6 cm³/mol. The van der Waals surface area contributed by atoms with Crippen LogP contribution in [-0.4, -0.2) is 35.9 Å². The van der Waals surface area contributed by atoms with Crippen LogP contribution < -0.4 is 0 Å². The number of carbonyl (C=O) groups is 1. The molecule has 1 amide bonds. The van der Waals surface area contributed by atoms with Crippen molar-refractivity contribution in [1.29, 1.82) is 0 Å². The smallest absolute Gasteiger partial charge is 0.225 e. The molecule has 0 aromatic rings. The zero-order valence-corrected chi connectivity index (χ0v) is 10.1. The van der Waals surface area contributed by atoms with Crippen molar-refractivity contribution in [3.63, 3.8) is 0 Å². The maximum Gasteiger partial charge on any atom is 0.225 e. The number of amides is 1. The lowest BCUT2D eigenvalue weighted by molar-refractivity contribution is -0.134. The Morgan fingerprint density at radius 1 is 1.43 bits per heavy atom. The van der Waals surface area contributed by atoms with Gasteiger partial charge in [0.1, 0.15) is 0 Å². The summed E-state index contributed by atoms with van der Waals surface area (Å²) in [6, 6.07) is 0. The summed E-state index contributed by atoms with van der Waals surface area (Å²) >= 11 is 1.97. The first-order valence-corrected chi connectivity index (χ1v) is 6.74. The highest BCUT2D eigenvalue weighted by Gasteiger charge is 2.23. The third-order valence-electron chi connectivity index (χ3n) is 2.79. The molecule has 0 radical (unpaired) electrons. The SMILES string of the molecule is CCCCN(C)C(=O)C1CCSCC1. The predicted octanol–water partition coefficient (Wildman–Crippen LogP) is 2.39. The lowest BCUT2D eigenvalue weighted by Crippen LogP contribution is -2.35. The van der Waals surface area contributed by atoms with E-state index in [-0.39, 0.29) is 0 Å². The van der Waals surface area contributed by atoms with E-state index in [0.717, 1.165) is 43.7 Å². The fourth-order valence-electron chi connectivity index (χ4n) is 1.76. The molecule has 0 aromatic heterocycles. The van der Waals surface area contributed by atoms with Crippen LogP contribution in [0.2, 0.25) is 0 Å². The molecule has 3 heteroatoms. The van der Waals surface area contributed by atoms with Crippen LogP contribution in [0, 0.1) is 5.92 Å². The van der Waals surface area contributed by atoms with E-state index in [0.29, 0.717) is 11.8 Å². The summed E-state index contributed by atoms with van der Waals surface area (Å²) in [5.41, 5.74) is 0. The molecule has 2 nitrogen and oxygen atoms in total. The second-order valence-corrected chi connectivity index (χ2v) is 5.22. The van der Waals surface area contributed by atoms with Gasteiger partial charge in [-0.15, -0.1) is 0 Å². The van der Waals surface area contributed by atoms with Gasteiger partial charge < -0.3 is 4.90 Å². The van der Waals surface area contributed by atoms with E-state index < -0.39 is 0 Å². The minimum atomic E-state index is 0.318. The first-order valence-electron chi connectivity index (χ1n) is 5.58. The summed E-state index contributed by atoms with van der Waals surface area (Å²) in [4.78, 5) is 13.8. The van der Waals surface area contributed by atoms with E-state index in [1.807, 2.05) is 23.7 Å². The number of hydrogen-bond donors (Lipinski definition) is 0. The maximum atomic E-state index is 11.9. The molecule has 0 spiro atoms. The van der Waals surface area contributed by atoms with Gasteiger partial charge in [-0.2, -0.15) is 11.8 Å². The highest BCUT2D eigenvalue weighted by molar-refractivity contribution is 7.99. The standard InChI is InChI=1S/C11H21NOS/c1-3-4-7-12(2)11(13)10-5-8-14-9-6-10/h10H,3-9H2,1-2H3. The molecule has 0 unspecified atom stereocenters. The number of rotatable bonds is 4. The van der Waals surface area contributed by atoms with Crippen molar-refractivity contribution in [1.82, 2.24) is 4.90 Å². The Morgan fingerprint density at radius 2 is 2.07 bits per heavy atom. The number of unbranched alkanes of at least 4 members (excludes halogenated alkanes) is 1. The van der Waals surface area contributed by atoms with Gasteiger partial charge in [-0.25, -0.2) is 0 Å². The lowest BCUT2D eigenvalue weighted by atomic mass is 10.0. The van der Waals surface area contributed by atoms with Crippen LogP contribution in [0.4, 0.5) is 0 Å². The highest BCUT2D eigenvalue weighted by atomic mass is 32.2. The molecule has 0 aromatic carbocycles. The molecule has 0 bridgehead atoms. The topological polar surface area (TPSA) is 20.3 Å². The summed E-state index contributed by atoms with van der Waals surface area (Å²) in [5.74, 6) is 3.02. The number of hydrogen-bond acceptors (Lipinski definition) is 2. The molecule has 0 aliphatic carbocycles. The van der Waals surface area contributed by atoms with Crippen LogP contribution in [0.25, 0.3) is 0 Å². The van der Waals surface area contributed by atoms with E-state index >= 15 is 0 Å². The third kappa shape index (κ3) is 3.52. The van der Waals surface area contributed by atoms with Crippen molar-refractivity contribution < 1.29 is 4.79 Å². The zero-order chi connectivity index (χ0) is 10.4. The van der Waals surface area contributed by atoms with Gasteiger partial charge in [0.15, 0.2) is 0 Å². The molecule has 1 heterocycles. The molecule has 1 aliphatic heterocycles. The highest BCUT2D eigenvalue weighted by Crippen LogP contribution is 2.24. The number of carbonyl (C=O) groups excluding carboxylic acids is 1. The summed E-state index contributed by atoms with van der Waals surface area (Å²) in [7, 11) is 1.94. The van der Waals surface area contributed by atoms with Crippen LogP contribution in [0.1, 0.15) is 32.6 Å². The molecular formula is C11H21NOS. The van der Waals surface area contributed by atoms with E-state index in [1.54, 1.807) is 0 Å². The average molecular weight is 215 g/mol. The second-order valence-electron chi connectivity index (χ2n) is 4.00. The van der Waals surface area contributed by atoms with Crippen molar-refractivity contribution in [2.75, 3.05) is 25.1 Å². The van der Waals surface area contributed by atoms with Gasteiger partial charge in [0.25, 0.3) is 0 Å². The molecule has 1 rings (SSSR count). The maximum absolute atomic E-state index is 11.9. The first kappa shape index (κ1) is 11.9. The van der Waals surface area contributed by atoms with Gasteiger partial charge >= 0.3 is 0 Å². The zero-order valence-electron chi connectivity index (χ0n) is 9.29. The van der Waals surface area contributed by atoms with Crippen molar-refractivity contribution in [3.8, 4) is 0 Å². The Kier molecular flexibility index (Phi) is 5.38. The van der Waals surface area contributed by atoms with Crippen molar-refractivity contribution >= 4 is 17.7 Å².